The molecule has 0 aliphatic carbocycles. The number of hydrogen-bond acceptors (Lipinski definition) is 4. The lowest BCUT2D eigenvalue weighted by molar-refractivity contribution is -0.118. The van der Waals surface area contributed by atoms with Crippen molar-refractivity contribution in [2.45, 2.75) is 0 Å². The molecule has 5 nitrogen and oxygen atoms in total. The van der Waals surface area contributed by atoms with Crippen molar-refractivity contribution in [2.75, 3.05) is 38.2 Å². The minimum atomic E-state index is 0.767. The average Bonchev–Trinajstić information content (AvgIpc) is 2.54. The molecule has 2 aromatic rings. The summed E-state index contributed by atoms with van der Waals surface area (Å²) < 4.78 is 5.24. The van der Waals surface area contributed by atoms with Gasteiger partial charge >= 0.3 is 0 Å². The summed E-state index contributed by atoms with van der Waals surface area (Å²) in [4.78, 5) is 19.3. The van der Waals surface area contributed by atoms with Crippen LogP contribution in [0.5, 0.6) is 5.75 Å². The number of pyridine rings is 1. The molecule has 2 heterocycles. The molecule has 20 heavy (non-hydrogen) atoms. The molecule has 1 aliphatic rings. The SMILES string of the molecule is COc1ccc2c(N3CCN(C=O)CC3)ccnc2c1. The molecule has 1 aliphatic heterocycles. The van der Waals surface area contributed by atoms with E-state index in [1.807, 2.05) is 35.4 Å². The number of hydrogen-bond donors (Lipinski definition) is 0. The van der Waals surface area contributed by atoms with E-state index < -0.39 is 0 Å². The van der Waals surface area contributed by atoms with Gasteiger partial charge in [0, 0.05) is 49.5 Å². The predicted molar refractivity (Wildman–Crippen MR) is 78.1 cm³/mol. The minimum absolute atomic E-state index is 0.767. The number of nitrogens with zero attached hydrogens (tertiary/aromatic N) is 3. The van der Waals surface area contributed by atoms with E-state index in [2.05, 4.69) is 9.88 Å². The molecule has 0 bridgehead atoms. The van der Waals surface area contributed by atoms with Gasteiger partial charge in [0.15, 0.2) is 0 Å². The number of aromatic nitrogens is 1. The average molecular weight is 271 g/mol. The van der Waals surface area contributed by atoms with Gasteiger partial charge in [0.1, 0.15) is 5.75 Å². The molecule has 0 radical (unpaired) electrons. The van der Waals surface area contributed by atoms with Gasteiger partial charge in [0.2, 0.25) is 6.41 Å². The van der Waals surface area contributed by atoms with E-state index in [4.69, 9.17) is 4.74 Å². The van der Waals surface area contributed by atoms with E-state index >= 15 is 0 Å². The second kappa shape index (κ2) is 5.36. The number of carbonyl (C=O) groups excluding carboxylic acids is 1. The molecule has 3 rings (SSSR count). The van der Waals surface area contributed by atoms with Crippen LogP contribution in [0.15, 0.2) is 30.5 Å². The Bertz CT molecular complexity index is 622. The van der Waals surface area contributed by atoms with Crippen LogP contribution in [-0.4, -0.2) is 49.6 Å². The lowest BCUT2D eigenvalue weighted by Crippen LogP contribution is -2.45. The zero-order chi connectivity index (χ0) is 13.9. The summed E-state index contributed by atoms with van der Waals surface area (Å²) in [6.45, 7) is 3.24. The number of anilines is 1. The lowest BCUT2D eigenvalue weighted by Gasteiger charge is -2.34. The van der Waals surface area contributed by atoms with Crippen molar-refractivity contribution in [2.24, 2.45) is 0 Å². The zero-order valence-corrected chi connectivity index (χ0v) is 11.5. The molecule has 0 N–H and O–H groups in total. The summed E-state index contributed by atoms with van der Waals surface area (Å²) in [5.41, 5.74) is 2.10. The van der Waals surface area contributed by atoms with Crippen molar-refractivity contribution in [1.29, 1.82) is 0 Å². The number of rotatable bonds is 3. The Hall–Kier alpha value is -2.30. The van der Waals surface area contributed by atoms with Crippen LogP contribution in [0.1, 0.15) is 0 Å². The second-order valence-electron chi connectivity index (χ2n) is 4.84. The Morgan fingerprint density at radius 2 is 2.00 bits per heavy atom. The van der Waals surface area contributed by atoms with Crippen LogP contribution in [0.2, 0.25) is 0 Å². The van der Waals surface area contributed by atoms with Crippen molar-refractivity contribution in [1.82, 2.24) is 9.88 Å². The fourth-order valence-electron chi connectivity index (χ4n) is 2.58. The Morgan fingerprint density at radius 1 is 1.20 bits per heavy atom. The van der Waals surface area contributed by atoms with E-state index in [1.165, 1.54) is 5.69 Å². The number of piperazine rings is 1. The highest BCUT2D eigenvalue weighted by atomic mass is 16.5. The Balaban J connectivity index is 1.93. The summed E-state index contributed by atoms with van der Waals surface area (Å²) >= 11 is 0. The van der Waals surface area contributed by atoms with Gasteiger partial charge in [0.25, 0.3) is 0 Å². The van der Waals surface area contributed by atoms with Crippen molar-refractivity contribution in [3.8, 4) is 5.75 Å². The van der Waals surface area contributed by atoms with Crippen LogP contribution in [-0.2, 0) is 4.79 Å². The first-order chi connectivity index (χ1) is 9.81. The molecule has 1 saturated heterocycles. The number of benzene rings is 1. The topological polar surface area (TPSA) is 45.7 Å². The first kappa shape index (κ1) is 12.7. The van der Waals surface area contributed by atoms with Crippen molar-refractivity contribution in [3.63, 3.8) is 0 Å². The number of methoxy groups -OCH3 is 1. The first-order valence-corrected chi connectivity index (χ1v) is 6.69. The maximum Gasteiger partial charge on any atom is 0.209 e. The fraction of sp³-hybridized carbons (Fsp3) is 0.333. The highest BCUT2D eigenvalue weighted by molar-refractivity contribution is 5.92. The van der Waals surface area contributed by atoms with Gasteiger partial charge < -0.3 is 14.5 Å². The number of amides is 1. The first-order valence-electron chi connectivity index (χ1n) is 6.69. The summed E-state index contributed by atoms with van der Waals surface area (Å²) in [5.74, 6) is 0.813. The molecular weight excluding hydrogens is 254 g/mol. The number of carbonyl (C=O) groups is 1. The van der Waals surface area contributed by atoms with Crippen LogP contribution < -0.4 is 9.64 Å². The third-order valence-corrected chi connectivity index (χ3v) is 3.73. The molecule has 0 atom stereocenters. The highest BCUT2D eigenvalue weighted by Crippen LogP contribution is 2.28. The third-order valence-electron chi connectivity index (χ3n) is 3.73. The van der Waals surface area contributed by atoms with Gasteiger partial charge in [-0.1, -0.05) is 0 Å². The normalized spacial score (nSPS) is 15.4. The van der Waals surface area contributed by atoms with Crippen LogP contribution in [0.25, 0.3) is 10.9 Å². The number of fused-ring (bicyclic) bond motifs is 1. The standard InChI is InChI=1S/C15H17N3O2/c1-20-12-2-3-13-14(10-12)16-5-4-15(13)18-8-6-17(11-19)7-9-18/h2-5,10-11H,6-9H2,1H3. The van der Waals surface area contributed by atoms with Crippen molar-refractivity contribution in [3.05, 3.63) is 30.5 Å². The molecule has 104 valence electrons. The third kappa shape index (κ3) is 2.27. The van der Waals surface area contributed by atoms with E-state index in [1.54, 1.807) is 7.11 Å². The molecule has 1 aromatic carbocycles. The number of ether oxygens (including phenoxy) is 1. The molecular formula is C15H17N3O2. The van der Waals surface area contributed by atoms with E-state index in [0.717, 1.165) is 49.2 Å². The summed E-state index contributed by atoms with van der Waals surface area (Å²) in [6, 6.07) is 7.98. The molecule has 1 aromatic heterocycles. The molecule has 0 saturated carbocycles. The minimum Gasteiger partial charge on any atom is -0.497 e. The molecule has 1 amide bonds. The van der Waals surface area contributed by atoms with Gasteiger partial charge in [0.05, 0.1) is 12.6 Å². The van der Waals surface area contributed by atoms with Crippen LogP contribution in [0, 0.1) is 0 Å². The van der Waals surface area contributed by atoms with Crippen molar-refractivity contribution >= 4 is 23.0 Å². The van der Waals surface area contributed by atoms with Gasteiger partial charge in [-0.05, 0) is 18.2 Å². The Morgan fingerprint density at radius 3 is 2.70 bits per heavy atom. The van der Waals surface area contributed by atoms with Gasteiger partial charge in [-0.25, -0.2) is 0 Å². The summed E-state index contributed by atoms with van der Waals surface area (Å²) in [7, 11) is 1.66. The largest absolute Gasteiger partial charge is 0.497 e. The fourth-order valence-corrected chi connectivity index (χ4v) is 2.58. The van der Waals surface area contributed by atoms with Crippen molar-refractivity contribution < 1.29 is 9.53 Å². The Labute approximate surface area is 117 Å². The predicted octanol–water partition coefficient (Wildman–Crippen LogP) is 1.52. The summed E-state index contributed by atoms with van der Waals surface area (Å²) in [5, 5.41) is 1.12. The molecule has 1 fully saturated rings. The zero-order valence-electron chi connectivity index (χ0n) is 11.5. The summed E-state index contributed by atoms with van der Waals surface area (Å²) in [6.07, 6.45) is 2.75. The maximum atomic E-state index is 10.8. The quantitative estimate of drug-likeness (QED) is 0.794. The monoisotopic (exact) mass is 271 g/mol. The Kier molecular flexibility index (Phi) is 3.41. The molecule has 5 heteroatoms. The van der Waals surface area contributed by atoms with Gasteiger partial charge in [-0.15, -0.1) is 0 Å². The lowest BCUT2D eigenvalue weighted by atomic mass is 10.1. The second-order valence-corrected chi connectivity index (χ2v) is 4.84. The van der Waals surface area contributed by atoms with Crippen LogP contribution >= 0.6 is 0 Å². The maximum absolute atomic E-state index is 10.8. The van der Waals surface area contributed by atoms with E-state index in [0.29, 0.717) is 0 Å². The van der Waals surface area contributed by atoms with Gasteiger partial charge in [-0.2, -0.15) is 0 Å². The smallest absolute Gasteiger partial charge is 0.209 e. The molecule has 0 unspecified atom stereocenters. The highest BCUT2D eigenvalue weighted by Gasteiger charge is 2.17. The van der Waals surface area contributed by atoms with E-state index in [-0.39, 0.29) is 0 Å². The van der Waals surface area contributed by atoms with E-state index in [9.17, 15) is 4.79 Å². The van der Waals surface area contributed by atoms with Crippen LogP contribution in [0.3, 0.4) is 0 Å². The molecule has 0 spiro atoms. The van der Waals surface area contributed by atoms with Gasteiger partial charge in [-0.3, -0.25) is 9.78 Å². The van der Waals surface area contributed by atoms with Crippen LogP contribution in [0.4, 0.5) is 5.69 Å².